The van der Waals surface area contributed by atoms with E-state index >= 15 is 0 Å². The van der Waals surface area contributed by atoms with Crippen molar-refractivity contribution >= 4 is 17.6 Å². The van der Waals surface area contributed by atoms with Gasteiger partial charge in [0.05, 0.1) is 11.1 Å². The Morgan fingerprint density at radius 2 is 1.78 bits per heavy atom. The zero-order valence-corrected chi connectivity index (χ0v) is 10.3. The van der Waals surface area contributed by atoms with Gasteiger partial charge in [-0.05, 0) is 24.6 Å². The van der Waals surface area contributed by atoms with Crippen LogP contribution in [0.15, 0.2) is 18.2 Å². The first-order chi connectivity index (χ1) is 8.56. The fourth-order valence-electron chi connectivity index (χ4n) is 1.63. The van der Waals surface area contributed by atoms with Crippen molar-refractivity contribution in [3.05, 3.63) is 29.3 Å². The summed E-state index contributed by atoms with van der Waals surface area (Å²) in [5.74, 6) is -2.46. The topological polar surface area (TPSA) is 86.6 Å². The van der Waals surface area contributed by atoms with E-state index in [0.29, 0.717) is 5.69 Å². The van der Waals surface area contributed by atoms with Crippen LogP contribution >= 0.6 is 0 Å². The second kappa shape index (κ2) is 6.64. The number of carbonyl (C=O) groups is 2. The van der Waals surface area contributed by atoms with Crippen LogP contribution in [0.25, 0.3) is 0 Å². The Morgan fingerprint density at radius 1 is 1.11 bits per heavy atom. The molecule has 0 aliphatic rings. The predicted molar refractivity (Wildman–Crippen MR) is 68.4 cm³/mol. The number of hydrogen-bond acceptors (Lipinski definition) is 3. The highest BCUT2D eigenvalue weighted by Gasteiger charge is 2.16. The molecule has 0 aromatic heterocycles. The molecule has 0 radical (unpaired) electrons. The van der Waals surface area contributed by atoms with Crippen LogP contribution in [0.3, 0.4) is 0 Å². The molecule has 0 saturated carbocycles. The van der Waals surface area contributed by atoms with E-state index in [1.54, 1.807) is 6.07 Å². The predicted octanol–water partition coefficient (Wildman–Crippen LogP) is 2.69. The number of hydrogen-bond donors (Lipinski definition) is 3. The van der Waals surface area contributed by atoms with Gasteiger partial charge in [0.15, 0.2) is 0 Å². The Morgan fingerprint density at radius 3 is 2.33 bits per heavy atom. The van der Waals surface area contributed by atoms with E-state index in [1.807, 2.05) is 0 Å². The molecular weight excluding hydrogens is 234 g/mol. The average molecular weight is 251 g/mol. The Kier molecular flexibility index (Phi) is 5.17. The highest BCUT2D eigenvalue weighted by Crippen LogP contribution is 2.16. The molecule has 0 amide bonds. The van der Waals surface area contributed by atoms with Crippen molar-refractivity contribution in [2.24, 2.45) is 0 Å². The zero-order valence-electron chi connectivity index (χ0n) is 10.3. The van der Waals surface area contributed by atoms with Gasteiger partial charge in [0.25, 0.3) is 0 Å². The summed E-state index contributed by atoms with van der Waals surface area (Å²) in [6.07, 6.45) is 3.21. The van der Waals surface area contributed by atoms with Crippen LogP contribution in [-0.2, 0) is 0 Å². The van der Waals surface area contributed by atoms with Gasteiger partial charge < -0.3 is 15.5 Å². The number of unbranched alkanes of at least 4 members (excludes halogenated alkanes) is 2. The molecule has 18 heavy (non-hydrogen) atoms. The largest absolute Gasteiger partial charge is 0.478 e. The summed E-state index contributed by atoms with van der Waals surface area (Å²) in [5, 5.41) is 20.9. The van der Waals surface area contributed by atoms with Gasteiger partial charge in [0.2, 0.25) is 0 Å². The number of rotatable bonds is 7. The zero-order chi connectivity index (χ0) is 13.5. The Hall–Kier alpha value is -2.04. The first kappa shape index (κ1) is 14.0. The molecule has 5 nitrogen and oxygen atoms in total. The molecule has 98 valence electrons. The normalized spacial score (nSPS) is 10.1. The number of benzene rings is 1. The molecule has 0 heterocycles. The van der Waals surface area contributed by atoms with Crippen LogP contribution in [0.1, 0.15) is 46.9 Å². The van der Waals surface area contributed by atoms with Gasteiger partial charge in [-0.2, -0.15) is 0 Å². The van der Waals surface area contributed by atoms with Crippen molar-refractivity contribution in [1.82, 2.24) is 0 Å². The van der Waals surface area contributed by atoms with E-state index in [2.05, 4.69) is 12.2 Å². The van der Waals surface area contributed by atoms with Gasteiger partial charge in [-0.15, -0.1) is 0 Å². The second-order valence-corrected chi connectivity index (χ2v) is 4.00. The molecule has 0 saturated heterocycles. The van der Waals surface area contributed by atoms with Gasteiger partial charge >= 0.3 is 11.9 Å². The molecule has 0 bridgehead atoms. The molecule has 3 N–H and O–H groups in total. The van der Waals surface area contributed by atoms with Crippen molar-refractivity contribution in [2.45, 2.75) is 26.2 Å². The summed E-state index contributed by atoms with van der Waals surface area (Å²) in [5.41, 5.74) is 0.248. The molecule has 0 aliphatic carbocycles. The van der Waals surface area contributed by atoms with E-state index in [0.717, 1.165) is 25.8 Å². The third-order valence-corrected chi connectivity index (χ3v) is 2.59. The molecule has 1 aromatic rings. The van der Waals surface area contributed by atoms with Crippen LogP contribution in [0.5, 0.6) is 0 Å². The quantitative estimate of drug-likeness (QED) is 0.648. The lowest BCUT2D eigenvalue weighted by Crippen LogP contribution is -2.09. The number of carboxylic acid groups (broad SMARTS) is 2. The highest BCUT2D eigenvalue weighted by molar-refractivity contribution is 6.02. The van der Waals surface area contributed by atoms with Crippen molar-refractivity contribution < 1.29 is 19.8 Å². The summed E-state index contributed by atoms with van der Waals surface area (Å²) < 4.78 is 0. The van der Waals surface area contributed by atoms with E-state index in [1.165, 1.54) is 12.1 Å². The first-order valence-corrected chi connectivity index (χ1v) is 5.90. The van der Waals surface area contributed by atoms with Crippen LogP contribution < -0.4 is 5.32 Å². The summed E-state index contributed by atoms with van der Waals surface area (Å²) in [6.45, 7) is 2.85. The lowest BCUT2D eigenvalue weighted by atomic mass is 10.1. The van der Waals surface area contributed by atoms with E-state index < -0.39 is 11.9 Å². The highest BCUT2D eigenvalue weighted by atomic mass is 16.4. The standard InChI is InChI=1S/C13H17NO4/c1-2-3-4-7-14-9-5-6-10(12(15)16)11(8-9)13(17)18/h5-6,8,14H,2-4,7H2,1H3,(H,15,16)(H,17,18). The number of anilines is 1. The van der Waals surface area contributed by atoms with E-state index in [4.69, 9.17) is 10.2 Å². The van der Waals surface area contributed by atoms with Gasteiger partial charge in [-0.3, -0.25) is 0 Å². The Balaban J connectivity index is 2.80. The number of nitrogens with one attached hydrogen (secondary N) is 1. The van der Waals surface area contributed by atoms with Crippen LogP contribution in [0.2, 0.25) is 0 Å². The fraction of sp³-hybridized carbons (Fsp3) is 0.385. The first-order valence-electron chi connectivity index (χ1n) is 5.90. The Bertz CT molecular complexity index is 443. The number of carboxylic acids is 2. The summed E-state index contributed by atoms with van der Waals surface area (Å²) in [6, 6.07) is 4.26. The maximum absolute atomic E-state index is 11.0. The van der Waals surface area contributed by atoms with Gasteiger partial charge in [-0.1, -0.05) is 19.8 Å². The monoisotopic (exact) mass is 251 g/mol. The maximum Gasteiger partial charge on any atom is 0.336 e. The maximum atomic E-state index is 11.0. The van der Waals surface area contributed by atoms with Crippen molar-refractivity contribution in [1.29, 1.82) is 0 Å². The van der Waals surface area contributed by atoms with Gasteiger partial charge in [0, 0.05) is 12.2 Å². The van der Waals surface area contributed by atoms with E-state index in [9.17, 15) is 9.59 Å². The smallest absolute Gasteiger partial charge is 0.336 e. The van der Waals surface area contributed by atoms with Crippen molar-refractivity contribution in [2.75, 3.05) is 11.9 Å². The third kappa shape index (κ3) is 3.76. The van der Waals surface area contributed by atoms with E-state index in [-0.39, 0.29) is 11.1 Å². The summed E-state index contributed by atoms with van der Waals surface area (Å²) in [7, 11) is 0. The molecular formula is C13H17NO4. The molecule has 0 fully saturated rings. The lowest BCUT2D eigenvalue weighted by Gasteiger charge is -2.08. The van der Waals surface area contributed by atoms with Crippen molar-refractivity contribution in [3.8, 4) is 0 Å². The fourth-order valence-corrected chi connectivity index (χ4v) is 1.63. The van der Waals surface area contributed by atoms with Gasteiger partial charge in [0.1, 0.15) is 0 Å². The third-order valence-electron chi connectivity index (χ3n) is 2.59. The minimum Gasteiger partial charge on any atom is -0.478 e. The van der Waals surface area contributed by atoms with Crippen molar-refractivity contribution in [3.63, 3.8) is 0 Å². The molecule has 0 spiro atoms. The van der Waals surface area contributed by atoms with Crippen LogP contribution in [0, 0.1) is 0 Å². The molecule has 5 heteroatoms. The van der Waals surface area contributed by atoms with Gasteiger partial charge in [-0.25, -0.2) is 9.59 Å². The second-order valence-electron chi connectivity index (χ2n) is 4.00. The minimum absolute atomic E-state index is 0.192. The summed E-state index contributed by atoms with van der Waals surface area (Å²) >= 11 is 0. The summed E-state index contributed by atoms with van der Waals surface area (Å²) in [4.78, 5) is 21.8. The SMILES string of the molecule is CCCCCNc1ccc(C(=O)O)c(C(=O)O)c1. The Labute approximate surface area is 105 Å². The minimum atomic E-state index is -1.23. The molecule has 1 aromatic carbocycles. The average Bonchev–Trinajstić information content (AvgIpc) is 2.34. The van der Waals surface area contributed by atoms with Crippen LogP contribution in [-0.4, -0.2) is 28.7 Å². The molecule has 1 rings (SSSR count). The lowest BCUT2D eigenvalue weighted by molar-refractivity contribution is 0.0651. The molecule has 0 atom stereocenters. The number of aromatic carboxylic acids is 2. The molecule has 0 aliphatic heterocycles. The molecule has 0 unspecified atom stereocenters. The van der Waals surface area contributed by atoms with Crippen LogP contribution in [0.4, 0.5) is 5.69 Å².